The highest BCUT2D eigenvalue weighted by atomic mass is 16.5. The number of ether oxygens (including phenoxy) is 1. The van der Waals surface area contributed by atoms with Crippen LogP contribution >= 0.6 is 0 Å². The number of rotatable bonds is 5. The van der Waals surface area contributed by atoms with Gasteiger partial charge < -0.3 is 14.6 Å². The number of aromatic nitrogens is 1. The fraction of sp³-hybridized carbons (Fsp3) is 0.292. The topological polar surface area (TPSA) is 80.6 Å². The molecule has 1 aliphatic heterocycles. The van der Waals surface area contributed by atoms with Gasteiger partial charge in [-0.1, -0.05) is 18.2 Å². The lowest BCUT2D eigenvalue weighted by Gasteiger charge is -2.22. The molecule has 1 atom stereocenters. The standard InChI is InChI=1S/C24H25N3O4/c1-14-10-20(15(2)26(14)4)21(28)13-27-22(29)24(3,25-23(27)30)18-8-6-17-12-19(31-5)9-7-16(17)11-18/h6-12H,13H2,1-5H3,(H,25,30). The molecule has 31 heavy (non-hydrogen) atoms. The molecule has 2 heterocycles. The number of urea groups is 1. The van der Waals surface area contributed by atoms with Gasteiger partial charge in [0.15, 0.2) is 5.78 Å². The van der Waals surface area contributed by atoms with Crippen molar-refractivity contribution in [1.82, 2.24) is 14.8 Å². The molecule has 160 valence electrons. The average Bonchev–Trinajstić information content (AvgIpc) is 3.14. The Labute approximate surface area is 180 Å². The summed E-state index contributed by atoms with van der Waals surface area (Å²) in [5, 5.41) is 4.66. The molecule has 0 radical (unpaired) electrons. The van der Waals surface area contributed by atoms with E-state index in [0.717, 1.165) is 32.8 Å². The first kappa shape index (κ1) is 20.7. The molecule has 3 amide bonds. The number of carbonyl (C=O) groups is 3. The van der Waals surface area contributed by atoms with Gasteiger partial charge in [0.1, 0.15) is 11.3 Å². The van der Waals surface area contributed by atoms with Crippen LogP contribution in [0.4, 0.5) is 4.79 Å². The quantitative estimate of drug-likeness (QED) is 0.507. The van der Waals surface area contributed by atoms with Gasteiger partial charge in [0.05, 0.1) is 13.7 Å². The van der Waals surface area contributed by atoms with E-state index in [4.69, 9.17) is 4.74 Å². The first-order chi connectivity index (χ1) is 14.7. The first-order valence-electron chi connectivity index (χ1n) is 10.0. The van der Waals surface area contributed by atoms with Crippen LogP contribution in [-0.4, -0.2) is 40.8 Å². The minimum atomic E-state index is -1.24. The van der Waals surface area contributed by atoms with Crippen molar-refractivity contribution >= 4 is 28.5 Å². The van der Waals surface area contributed by atoms with Crippen molar-refractivity contribution in [1.29, 1.82) is 0 Å². The molecule has 0 aliphatic carbocycles. The van der Waals surface area contributed by atoms with Crippen molar-refractivity contribution in [3.63, 3.8) is 0 Å². The zero-order chi connectivity index (χ0) is 22.5. The molecule has 1 unspecified atom stereocenters. The van der Waals surface area contributed by atoms with E-state index < -0.39 is 17.5 Å². The maximum absolute atomic E-state index is 13.3. The zero-order valence-corrected chi connectivity index (χ0v) is 18.3. The second-order valence-electron chi connectivity index (χ2n) is 8.14. The number of imide groups is 1. The third kappa shape index (κ3) is 3.26. The molecule has 1 N–H and O–H groups in total. The Kier molecular flexibility index (Phi) is 4.84. The highest BCUT2D eigenvalue weighted by molar-refractivity contribution is 6.11. The number of carbonyl (C=O) groups excluding carboxylic acids is 3. The van der Waals surface area contributed by atoms with E-state index in [1.807, 2.05) is 61.9 Å². The number of Topliss-reactive ketones (excluding diaryl/α,β-unsaturated/α-hetero) is 1. The first-order valence-corrected chi connectivity index (χ1v) is 10.0. The number of fused-ring (bicyclic) bond motifs is 1. The summed E-state index contributed by atoms with van der Waals surface area (Å²) in [6.45, 7) is 5.12. The molecule has 0 saturated carbocycles. The maximum atomic E-state index is 13.3. The maximum Gasteiger partial charge on any atom is 0.325 e. The van der Waals surface area contributed by atoms with Crippen molar-refractivity contribution in [2.75, 3.05) is 13.7 Å². The Balaban J connectivity index is 1.63. The molecule has 1 aliphatic rings. The number of aryl methyl sites for hydroxylation is 1. The van der Waals surface area contributed by atoms with Gasteiger partial charge in [-0.25, -0.2) is 4.79 Å². The minimum absolute atomic E-state index is 0.264. The lowest BCUT2D eigenvalue weighted by atomic mass is 9.90. The van der Waals surface area contributed by atoms with Crippen LogP contribution in [0.15, 0.2) is 42.5 Å². The van der Waals surface area contributed by atoms with Gasteiger partial charge in [-0.15, -0.1) is 0 Å². The van der Waals surface area contributed by atoms with Gasteiger partial charge in [-0.05, 0) is 61.4 Å². The van der Waals surface area contributed by atoms with Crippen LogP contribution in [0.3, 0.4) is 0 Å². The Morgan fingerprint density at radius 3 is 2.39 bits per heavy atom. The monoisotopic (exact) mass is 419 g/mol. The summed E-state index contributed by atoms with van der Waals surface area (Å²) in [6.07, 6.45) is 0. The molecule has 7 nitrogen and oxygen atoms in total. The van der Waals surface area contributed by atoms with Crippen LogP contribution in [0.2, 0.25) is 0 Å². The number of methoxy groups -OCH3 is 1. The van der Waals surface area contributed by atoms with Crippen LogP contribution in [0.1, 0.15) is 34.2 Å². The molecular formula is C24H25N3O4. The summed E-state index contributed by atoms with van der Waals surface area (Å²) in [5.41, 5.74) is 1.68. The van der Waals surface area contributed by atoms with Crippen LogP contribution < -0.4 is 10.1 Å². The summed E-state index contributed by atoms with van der Waals surface area (Å²) in [5.74, 6) is 0.0383. The summed E-state index contributed by atoms with van der Waals surface area (Å²) >= 11 is 0. The van der Waals surface area contributed by atoms with Crippen LogP contribution in [0.5, 0.6) is 5.75 Å². The van der Waals surface area contributed by atoms with E-state index in [9.17, 15) is 14.4 Å². The van der Waals surface area contributed by atoms with E-state index in [0.29, 0.717) is 11.1 Å². The molecule has 2 aromatic carbocycles. The molecule has 0 bridgehead atoms. The molecule has 1 fully saturated rings. The minimum Gasteiger partial charge on any atom is -0.497 e. The van der Waals surface area contributed by atoms with Gasteiger partial charge in [-0.2, -0.15) is 0 Å². The number of nitrogens with zero attached hydrogens (tertiary/aromatic N) is 2. The number of hydrogen-bond acceptors (Lipinski definition) is 4. The van der Waals surface area contributed by atoms with Crippen molar-refractivity contribution in [2.24, 2.45) is 7.05 Å². The SMILES string of the molecule is COc1ccc2cc(C3(C)NC(=O)N(CC(=O)c4cc(C)n(C)c4C)C3=O)ccc2c1. The third-order valence-corrected chi connectivity index (χ3v) is 6.28. The van der Waals surface area contributed by atoms with Gasteiger partial charge in [0.25, 0.3) is 5.91 Å². The fourth-order valence-corrected chi connectivity index (χ4v) is 4.06. The third-order valence-electron chi connectivity index (χ3n) is 6.28. The van der Waals surface area contributed by atoms with Crippen LogP contribution in [0, 0.1) is 13.8 Å². The highest BCUT2D eigenvalue weighted by Gasteiger charge is 2.49. The van der Waals surface area contributed by atoms with Crippen molar-refractivity contribution in [3.05, 3.63) is 65.0 Å². The lowest BCUT2D eigenvalue weighted by Crippen LogP contribution is -2.41. The average molecular weight is 419 g/mol. The number of amides is 3. The molecule has 4 rings (SSSR count). The van der Waals surface area contributed by atoms with Crippen molar-refractivity contribution in [2.45, 2.75) is 26.3 Å². The number of ketones is 1. The molecule has 0 spiro atoms. The van der Waals surface area contributed by atoms with Crippen molar-refractivity contribution in [3.8, 4) is 5.75 Å². The summed E-state index contributed by atoms with van der Waals surface area (Å²) in [7, 11) is 3.49. The zero-order valence-electron chi connectivity index (χ0n) is 18.3. The second kappa shape index (κ2) is 7.27. The highest BCUT2D eigenvalue weighted by Crippen LogP contribution is 2.32. The van der Waals surface area contributed by atoms with E-state index in [-0.39, 0.29) is 12.3 Å². The number of hydrogen-bond donors (Lipinski definition) is 1. The molecule has 7 heteroatoms. The summed E-state index contributed by atoms with van der Waals surface area (Å²) in [6, 6.07) is 12.5. The van der Waals surface area contributed by atoms with Gasteiger partial charge >= 0.3 is 6.03 Å². The molecule has 1 aromatic heterocycles. The van der Waals surface area contributed by atoms with E-state index in [1.165, 1.54) is 0 Å². The predicted molar refractivity (Wildman–Crippen MR) is 117 cm³/mol. The molecule has 1 saturated heterocycles. The smallest absolute Gasteiger partial charge is 0.325 e. The Morgan fingerprint density at radius 2 is 1.74 bits per heavy atom. The van der Waals surface area contributed by atoms with Crippen LogP contribution in [-0.2, 0) is 17.4 Å². The van der Waals surface area contributed by atoms with Gasteiger partial charge in [0, 0.05) is 24.0 Å². The Bertz CT molecular complexity index is 1240. The van der Waals surface area contributed by atoms with E-state index >= 15 is 0 Å². The molecular weight excluding hydrogens is 394 g/mol. The Morgan fingerprint density at radius 1 is 1.06 bits per heavy atom. The van der Waals surface area contributed by atoms with Gasteiger partial charge in [0.2, 0.25) is 0 Å². The number of nitrogens with one attached hydrogen (secondary N) is 1. The molecule has 3 aromatic rings. The lowest BCUT2D eigenvalue weighted by molar-refractivity contribution is -0.130. The van der Waals surface area contributed by atoms with Crippen LogP contribution in [0.25, 0.3) is 10.8 Å². The fourth-order valence-electron chi connectivity index (χ4n) is 4.06. The predicted octanol–water partition coefficient (Wildman–Crippen LogP) is 3.45. The summed E-state index contributed by atoms with van der Waals surface area (Å²) in [4.78, 5) is 39.8. The number of benzene rings is 2. The summed E-state index contributed by atoms with van der Waals surface area (Å²) < 4.78 is 7.17. The van der Waals surface area contributed by atoms with E-state index in [2.05, 4.69) is 5.32 Å². The van der Waals surface area contributed by atoms with Gasteiger partial charge in [-0.3, -0.25) is 14.5 Å². The van der Waals surface area contributed by atoms with E-state index in [1.54, 1.807) is 20.1 Å². The second-order valence-corrected chi connectivity index (χ2v) is 8.14. The van der Waals surface area contributed by atoms with Crippen molar-refractivity contribution < 1.29 is 19.1 Å². The largest absolute Gasteiger partial charge is 0.497 e. The Hall–Kier alpha value is -3.61. The normalized spacial score (nSPS) is 18.5.